The molecular weight excluding hydrogens is 451 g/mol. The first kappa shape index (κ1) is 22.8. The average molecular weight is 490 g/mol. The van der Waals surface area contributed by atoms with Gasteiger partial charge in [-0.3, -0.25) is 4.79 Å². The van der Waals surface area contributed by atoms with Crippen LogP contribution in [0.3, 0.4) is 0 Å². The number of aliphatic hydroxyl groups excluding tert-OH is 3. The van der Waals surface area contributed by atoms with Gasteiger partial charge in [-0.15, -0.1) is 0 Å². The first-order valence-electron chi connectivity index (χ1n) is 13.5. The number of carbonyl (C=O) groups excluding carboxylic acids is 2. The van der Waals surface area contributed by atoms with Gasteiger partial charge in [0.25, 0.3) is 0 Å². The van der Waals surface area contributed by atoms with Crippen LogP contribution in [-0.2, 0) is 19.1 Å². The average Bonchev–Trinajstić information content (AvgIpc) is 2.96. The molecule has 0 unspecified atom stereocenters. The van der Waals surface area contributed by atoms with E-state index in [2.05, 4.69) is 6.92 Å². The van der Waals surface area contributed by atoms with E-state index in [1.54, 1.807) is 6.08 Å². The number of hydrogen-bond acceptors (Lipinski definition) is 8. The van der Waals surface area contributed by atoms with Crippen molar-refractivity contribution in [3.05, 3.63) is 11.6 Å². The summed E-state index contributed by atoms with van der Waals surface area (Å²) in [5.74, 6) is -1.51. The van der Waals surface area contributed by atoms with Gasteiger partial charge in [0, 0.05) is 9.16 Å². The molecule has 1 heterocycles. The van der Waals surface area contributed by atoms with Crippen LogP contribution in [0.4, 0.5) is 0 Å². The Morgan fingerprint density at radius 1 is 1.15 bits per heavy atom. The van der Waals surface area contributed by atoms with E-state index in [1.807, 2.05) is 6.92 Å². The quantitative estimate of drug-likeness (QED) is 0.369. The van der Waals surface area contributed by atoms with Crippen LogP contribution in [0.1, 0.15) is 69.3 Å². The van der Waals surface area contributed by atoms with E-state index in [4.69, 9.17) is 12.2 Å². The Labute approximate surface area is 226 Å². The van der Waals surface area contributed by atoms with Gasteiger partial charge in [0.1, 0.15) is 24.4 Å². The van der Waals surface area contributed by atoms with Crippen LogP contribution in [0.5, 0.6) is 0 Å². The van der Waals surface area contributed by atoms with Gasteiger partial charge in [-0.1, -0.05) is 19.4 Å². The monoisotopic (exact) mass is 489 g/mol. The maximum atomic E-state index is 12.1. The fraction of sp³-hybridized carbons (Fsp3) is 0.840. The summed E-state index contributed by atoms with van der Waals surface area (Å²) < 4.78 is 38.1. The van der Waals surface area contributed by atoms with Crippen molar-refractivity contribution in [2.45, 2.75) is 102 Å². The first-order chi connectivity index (χ1) is 16.7. The van der Waals surface area contributed by atoms with Gasteiger partial charge < -0.3 is 34.7 Å². The molecule has 0 aromatic rings. The molecule has 0 aromatic carbocycles. The Balaban J connectivity index is 0.00000320. The van der Waals surface area contributed by atoms with E-state index in [0.717, 1.165) is 25.7 Å². The Kier molecular flexibility index (Phi) is 6.40. The summed E-state index contributed by atoms with van der Waals surface area (Å²) in [5.41, 5.74) is 0.0577. The number of carboxylic acid groups (broad SMARTS) is 1. The summed E-state index contributed by atoms with van der Waals surface area (Å²) in [6, 6.07) is 0. The first-order valence-corrected chi connectivity index (χ1v) is 12.0. The Morgan fingerprint density at radius 3 is 2.59 bits per heavy atom. The topological polar surface area (TPSA) is 136 Å². The van der Waals surface area contributed by atoms with Gasteiger partial charge in [0.2, 0.25) is 0 Å². The molecule has 0 aromatic heterocycles. The van der Waals surface area contributed by atoms with Crippen molar-refractivity contribution in [2.75, 3.05) is 0 Å². The second kappa shape index (κ2) is 9.53. The maximum absolute atomic E-state index is 12.1. The molecule has 1 saturated heterocycles. The van der Waals surface area contributed by atoms with Crippen LogP contribution in [0, 0.1) is 28.6 Å². The third-order valence-electron chi connectivity index (χ3n) is 9.39. The Bertz CT molecular complexity index is 995. The molecule has 3 saturated carbocycles. The second-order valence-electron chi connectivity index (χ2n) is 11.0. The van der Waals surface area contributed by atoms with Crippen LogP contribution in [0.2, 0.25) is 0 Å². The molecule has 184 valence electrons. The molecule has 8 nitrogen and oxygen atoms in total. The number of carbonyl (C=O) groups is 2. The van der Waals surface area contributed by atoms with Gasteiger partial charge in [0.05, 0.1) is 13.4 Å². The molecule has 0 spiro atoms. The number of fused-ring (bicyclic) bond motifs is 5. The third-order valence-corrected chi connectivity index (χ3v) is 9.39. The predicted molar refractivity (Wildman–Crippen MR) is 113 cm³/mol. The molecule has 3 N–H and O–H groups in total. The largest absolute Gasteiger partial charge is 1.00 e. The summed E-state index contributed by atoms with van der Waals surface area (Å²) in [6.07, 6.45) is -8.13. The fourth-order valence-electron chi connectivity index (χ4n) is 7.37. The molecular formula is C25H35NaO8. The molecule has 4 fully saturated rings. The molecule has 4 aliphatic carbocycles. The van der Waals surface area contributed by atoms with Gasteiger partial charge in [-0.2, -0.15) is 0 Å². The summed E-state index contributed by atoms with van der Waals surface area (Å²) in [7, 11) is 0. The second-order valence-corrected chi connectivity index (χ2v) is 11.0. The fourth-order valence-corrected chi connectivity index (χ4v) is 7.37. The Morgan fingerprint density at radius 2 is 1.88 bits per heavy atom. The Hall–Kier alpha value is -0.320. The number of rotatable bonds is 3. The molecule has 0 amide bonds. The van der Waals surface area contributed by atoms with Crippen LogP contribution < -0.4 is 34.7 Å². The molecule has 9 heteroatoms. The van der Waals surface area contributed by atoms with Crippen molar-refractivity contribution in [3.63, 3.8) is 0 Å². The zero-order valence-corrected chi connectivity index (χ0v) is 22.0. The van der Waals surface area contributed by atoms with Crippen LogP contribution >= 0.6 is 0 Å². The number of allylic oxidation sites excluding steroid dienone is 1. The van der Waals surface area contributed by atoms with Gasteiger partial charge in [-0.25, -0.2) is 0 Å². The van der Waals surface area contributed by atoms with Crippen LogP contribution in [-0.4, -0.2) is 63.9 Å². The predicted octanol–water partition coefficient (Wildman–Crippen LogP) is -2.53. The van der Waals surface area contributed by atoms with Gasteiger partial charge in [0.15, 0.2) is 12.1 Å². The van der Waals surface area contributed by atoms with Crippen molar-refractivity contribution in [3.8, 4) is 0 Å². The van der Waals surface area contributed by atoms with Crippen molar-refractivity contribution >= 4 is 11.8 Å². The number of carboxylic acids is 1. The number of hydrogen-bond donors (Lipinski definition) is 3. The molecule has 11 atom stereocenters. The smallest absolute Gasteiger partial charge is 0.547 e. The molecule has 0 bridgehead atoms. The SMILES string of the molecule is [2H]C1([2H])C[C@H]2[C@@H]3CCC4=CC(=O)CC[C@]4(C)[C@H]3CC[C@]2(C)[C@@]1([2H])O[C@@H]1O[C@H](C(=O)[O-])[C@@H](O)[C@H](O)[C@H]1O.[Na+]. The van der Waals surface area contributed by atoms with E-state index in [1.165, 1.54) is 5.57 Å². The molecule has 5 aliphatic rings. The third kappa shape index (κ3) is 4.06. The van der Waals surface area contributed by atoms with Crippen LogP contribution in [0.25, 0.3) is 0 Å². The van der Waals surface area contributed by atoms with Crippen molar-refractivity contribution in [1.82, 2.24) is 0 Å². The maximum Gasteiger partial charge on any atom is 1.00 e. The van der Waals surface area contributed by atoms with Gasteiger partial charge in [-0.05, 0) is 79.6 Å². The van der Waals surface area contributed by atoms with E-state index in [9.17, 15) is 31.4 Å². The molecule has 5 rings (SSSR count). The summed E-state index contributed by atoms with van der Waals surface area (Å²) in [6.45, 7) is 4.03. The minimum atomic E-state index is -2.21. The van der Waals surface area contributed by atoms with E-state index in [-0.39, 0.29) is 64.9 Å². The number of ketones is 1. The normalized spacial score (nSPS) is 55.3. The number of ether oxygens (including phenoxy) is 2. The standard InChI is InChI=1S/C25H36O8.Na/c1-24-9-7-13(26)11-12(24)3-4-14-15-5-6-17(25(15,2)10-8-16(14)24)32-23-20(29)18(27)19(28)21(33-23)22(30)31;/h11,14-21,23,27-29H,3-10H2,1-2H3,(H,30,31);/q;+1/p-1/t14-,15-,16-,17-,18-,19-,20+,21-,23+,24-,25-;/m0./s1/i6D2,17D;. The molecule has 1 aliphatic heterocycles. The minimum Gasteiger partial charge on any atom is -0.547 e. The van der Waals surface area contributed by atoms with E-state index in [0.29, 0.717) is 12.8 Å². The summed E-state index contributed by atoms with van der Waals surface area (Å²) in [5, 5.41) is 42.1. The van der Waals surface area contributed by atoms with E-state index < -0.39 is 54.5 Å². The van der Waals surface area contributed by atoms with Crippen LogP contribution in [0.15, 0.2) is 11.6 Å². The zero-order chi connectivity index (χ0) is 26.4. The number of aliphatic carboxylic acids is 1. The number of aliphatic hydroxyl groups is 3. The minimum absolute atomic E-state index is 0. The van der Waals surface area contributed by atoms with Crippen molar-refractivity contribution in [2.24, 2.45) is 28.6 Å². The van der Waals surface area contributed by atoms with E-state index >= 15 is 0 Å². The van der Waals surface area contributed by atoms with Crippen molar-refractivity contribution < 1.29 is 73.2 Å². The molecule has 34 heavy (non-hydrogen) atoms. The van der Waals surface area contributed by atoms with Gasteiger partial charge >= 0.3 is 29.6 Å². The zero-order valence-electron chi connectivity index (χ0n) is 23.0. The van der Waals surface area contributed by atoms with Crippen molar-refractivity contribution in [1.29, 1.82) is 0 Å². The molecule has 0 radical (unpaired) electrons. The summed E-state index contributed by atoms with van der Waals surface area (Å²) in [4.78, 5) is 23.5. The summed E-state index contributed by atoms with van der Waals surface area (Å²) >= 11 is 0.